The molecule has 0 aliphatic rings. The summed E-state index contributed by atoms with van der Waals surface area (Å²) in [6, 6.07) is 15.5. The van der Waals surface area contributed by atoms with Gasteiger partial charge in [-0.2, -0.15) is 5.10 Å². The Morgan fingerprint density at radius 3 is 2.67 bits per heavy atom. The van der Waals surface area contributed by atoms with Crippen LogP contribution in [0.3, 0.4) is 0 Å². The molecule has 2 aromatic heterocycles. The van der Waals surface area contributed by atoms with Gasteiger partial charge < -0.3 is 14.5 Å². The molecule has 0 bridgehead atoms. The standard InChI is InChI=1S/C23H24N4O3/c1-15-22(23(28)24-11-12-27-17(3)25-16(2)26-27)20-13-19(9-10-21(20)30-15)29-14-18-7-5-4-6-8-18/h4-10,13H,11-12,14H2,1-3H3,(H,24,28). The molecule has 1 amide bonds. The molecule has 0 saturated heterocycles. The summed E-state index contributed by atoms with van der Waals surface area (Å²) in [5, 5.41) is 8.00. The third-order valence-corrected chi connectivity index (χ3v) is 4.88. The van der Waals surface area contributed by atoms with Gasteiger partial charge >= 0.3 is 0 Å². The third kappa shape index (κ3) is 4.20. The Kier molecular flexibility index (Phi) is 5.52. The van der Waals surface area contributed by atoms with E-state index in [1.54, 1.807) is 11.6 Å². The first-order chi connectivity index (χ1) is 14.5. The van der Waals surface area contributed by atoms with Crippen LogP contribution in [-0.4, -0.2) is 27.2 Å². The highest BCUT2D eigenvalue weighted by atomic mass is 16.5. The van der Waals surface area contributed by atoms with Gasteiger partial charge in [0.25, 0.3) is 5.91 Å². The molecule has 154 valence electrons. The van der Waals surface area contributed by atoms with Crippen molar-refractivity contribution >= 4 is 16.9 Å². The van der Waals surface area contributed by atoms with Crippen LogP contribution in [0.15, 0.2) is 52.9 Å². The Bertz CT molecular complexity index is 1180. The number of ether oxygens (including phenoxy) is 1. The molecule has 0 radical (unpaired) electrons. The quantitative estimate of drug-likeness (QED) is 0.504. The second-order valence-electron chi connectivity index (χ2n) is 7.15. The summed E-state index contributed by atoms with van der Waals surface area (Å²) in [5.41, 5.74) is 2.27. The van der Waals surface area contributed by atoms with Crippen molar-refractivity contribution in [2.24, 2.45) is 0 Å². The number of carbonyl (C=O) groups excluding carboxylic acids is 1. The van der Waals surface area contributed by atoms with Crippen LogP contribution in [0, 0.1) is 20.8 Å². The lowest BCUT2D eigenvalue weighted by Crippen LogP contribution is -2.28. The van der Waals surface area contributed by atoms with Crippen molar-refractivity contribution in [1.29, 1.82) is 0 Å². The molecule has 2 aromatic carbocycles. The average Bonchev–Trinajstić information content (AvgIpc) is 3.23. The zero-order valence-electron chi connectivity index (χ0n) is 17.3. The number of amides is 1. The van der Waals surface area contributed by atoms with E-state index >= 15 is 0 Å². The van der Waals surface area contributed by atoms with Crippen molar-refractivity contribution in [3.63, 3.8) is 0 Å². The lowest BCUT2D eigenvalue weighted by atomic mass is 10.1. The predicted octanol–water partition coefficient (Wildman–Crippen LogP) is 3.96. The number of aryl methyl sites for hydroxylation is 3. The smallest absolute Gasteiger partial charge is 0.255 e. The summed E-state index contributed by atoms with van der Waals surface area (Å²) in [6.07, 6.45) is 0. The monoisotopic (exact) mass is 404 g/mol. The first kappa shape index (κ1) is 19.7. The van der Waals surface area contributed by atoms with E-state index in [1.165, 1.54) is 0 Å². The Balaban J connectivity index is 1.47. The van der Waals surface area contributed by atoms with E-state index in [4.69, 9.17) is 9.15 Å². The number of aromatic nitrogens is 3. The van der Waals surface area contributed by atoms with Crippen LogP contribution in [-0.2, 0) is 13.2 Å². The molecule has 1 N–H and O–H groups in total. The highest BCUT2D eigenvalue weighted by Gasteiger charge is 2.19. The van der Waals surface area contributed by atoms with Gasteiger partial charge in [0.05, 0.1) is 12.1 Å². The fourth-order valence-corrected chi connectivity index (χ4v) is 3.45. The van der Waals surface area contributed by atoms with Gasteiger partial charge in [-0.1, -0.05) is 30.3 Å². The highest BCUT2D eigenvalue weighted by Crippen LogP contribution is 2.29. The maximum Gasteiger partial charge on any atom is 0.255 e. The lowest BCUT2D eigenvalue weighted by molar-refractivity contribution is 0.0951. The number of nitrogens with zero attached hydrogens (tertiary/aromatic N) is 3. The minimum atomic E-state index is -0.180. The minimum absolute atomic E-state index is 0.180. The molecular formula is C23H24N4O3. The summed E-state index contributed by atoms with van der Waals surface area (Å²) in [7, 11) is 0. The normalized spacial score (nSPS) is 11.0. The van der Waals surface area contributed by atoms with Crippen LogP contribution in [0.1, 0.15) is 33.3 Å². The molecule has 2 heterocycles. The molecule has 4 rings (SSSR count). The average molecular weight is 404 g/mol. The van der Waals surface area contributed by atoms with Gasteiger partial charge in [0.2, 0.25) is 0 Å². The van der Waals surface area contributed by atoms with E-state index in [1.807, 2.05) is 62.4 Å². The van der Waals surface area contributed by atoms with Crippen molar-refractivity contribution < 1.29 is 13.9 Å². The van der Waals surface area contributed by atoms with E-state index in [2.05, 4.69) is 15.4 Å². The van der Waals surface area contributed by atoms with Crippen molar-refractivity contribution in [1.82, 2.24) is 20.1 Å². The van der Waals surface area contributed by atoms with Crippen LogP contribution in [0.2, 0.25) is 0 Å². The molecule has 0 unspecified atom stereocenters. The van der Waals surface area contributed by atoms with Crippen LogP contribution < -0.4 is 10.1 Å². The number of fused-ring (bicyclic) bond motifs is 1. The van der Waals surface area contributed by atoms with E-state index < -0.39 is 0 Å². The topological polar surface area (TPSA) is 82.2 Å². The van der Waals surface area contributed by atoms with Gasteiger partial charge in [-0.05, 0) is 44.5 Å². The number of carbonyl (C=O) groups is 1. The maximum atomic E-state index is 12.9. The van der Waals surface area contributed by atoms with E-state index in [0.717, 1.165) is 22.6 Å². The predicted molar refractivity (Wildman–Crippen MR) is 114 cm³/mol. The van der Waals surface area contributed by atoms with Crippen molar-refractivity contribution in [3.05, 3.63) is 77.1 Å². The first-order valence-electron chi connectivity index (χ1n) is 9.87. The van der Waals surface area contributed by atoms with Crippen LogP contribution >= 0.6 is 0 Å². The molecule has 0 aliphatic heterocycles. The number of rotatable bonds is 7. The summed E-state index contributed by atoms with van der Waals surface area (Å²) in [4.78, 5) is 17.1. The second kappa shape index (κ2) is 8.41. The zero-order chi connectivity index (χ0) is 21.1. The SMILES string of the molecule is Cc1nc(C)n(CCNC(=O)c2c(C)oc3ccc(OCc4ccccc4)cc23)n1. The number of hydrogen-bond donors (Lipinski definition) is 1. The molecular weight excluding hydrogens is 380 g/mol. The van der Waals surface area contributed by atoms with Crippen molar-refractivity contribution in [2.75, 3.05) is 6.54 Å². The van der Waals surface area contributed by atoms with Gasteiger partial charge in [0, 0.05) is 11.9 Å². The molecule has 0 spiro atoms. The zero-order valence-corrected chi connectivity index (χ0v) is 17.3. The minimum Gasteiger partial charge on any atom is -0.489 e. The van der Waals surface area contributed by atoms with Crippen molar-refractivity contribution in [2.45, 2.75) is 33.9 Å². The summed E-state index contributed by atoms with van der Waals surface area (Å²) in [6.45, 7) is 7.00. The molecule has 30 heavy (non-hydrogen) atoms. The fourth-order valence-electron chi connectivity index (χ4n) is 3.45. The number of furan rings is 1. The maximum absolute atomic E-state index is 12.9. The lowest BCUT2D eigenvalue weighted by Gasteiger charge is -2.08. The van der Waals surface area contributed by atoms with Crippen LogP contribution in [0.25, 0.3) is 11.0 Å². The second-order valence-corrected chi connectivity index (χ2v) is 7.15. The Labute approximate surface area is 174 Å². The summed E-state index contributed by atoms with van der Waals surface area (Å²) in [5.74, 6) is 2.64. The van der Waals surface area contributed by atoms with Gasteiger partial charge in [0.15, 0.2) is 0 Å². The molecule has 7 nitrogen and oxygen atoms in total. The van der Waals surface area contributed by atoms with Crippen LogP contribution in [0.4, 0.5) is 0 Å². The highest BCUT2D eigenvalue weighted by molar-refractivity contribution is 6.07. The molecule has 0 atom stereocenters. The van der Waals surface area contributed by atoms with Gasteiger partial charge in [-0.25, -0.2) is 9.67 Å². The van der Waals surface area contributed by atoms with E-state index in [-0.39, 0.29) is 5.91 Å². The molecule has 0 fully saturated rings. The first-order valence-corrected chi connectivity index (χ1v) is 9.87. The molecule has 4 aromatic rings. The summed E-state index contributed by atoms with van der Waals surface area (Å²) < 4.78 is 13.5. The van der Waals surface area contributed by atoms with E-state index in [0.29, 0.717) is 42.4 Å². The van der Waals surface area contributed by atoms with E-state index in [9.17, 15) is 4.79 Å². The largest absolute Gasteiger partial charge is 0.489 e. The van der Waals surface area contributed by atoms with Crippen LogP contribution in [0.5, 0.6) is 5.75 Å². The van der Waals surface area contributed by atoms with Gasteiger partial charge in [-0.15, -0.1) is 0 Å². The Morgan fingerprint density at radius 2 is 1.93 bits per heavy atom. The molecule has 0 saturated carbocycles. The fraction of sp³-hybridized carbons (Fsp3) is 0.261. The third-order valence-electron chi connectivity index (χ3n) is 4.88. The number of benzene rings is 2. The summed E-state index contributed by atoms with van der Waals surface area (Å²) >= 11 is 0. The molecule has 7 heteroatoms. The molecule has 0 aliphatic carbocycles. The Hall–Kier alpha value is -3.61. The van der Waals surface area contributed by atoms with Crippen molar-refractivity contribution in [3.8, 4) is 5.75 Å². The Morgan fingerprint density at radius 1 is 1.13 bits per heavy atom. The number of nitrogens with one attached hydrogen (secondary N) is 1. The number of hydrogen-bond acceptors (Lipinski definition) is 5. The van der Waals surface area contributed by atoms with Gasteiger partial charge in [-0.3, -0.25) is 4.79 Å². The van der Waals surface area contributed by atoms with Gasteiger partial charge in [0.1, 0.15) is 35.3 Å².